The van der Waals surface area contributed by atoms with Crippen LogP contribution in [0.2, 0.25) is 5.02 Å². The van der Waals surface area contributed by atoms with Crippen LogP contribution in [0, 0.1) is 0 Å². The van der Waals surface area contributed by atoms with Gasteiger partial charge in [-0.25, -0.2) is 0 Å². The number of aromatic nitrogens is 2. The summed E-state index contributed by atoms with van der Waals surface area (Å²) in [5.74, 6) is -0.944. The Bertz CT molecular complexity index is 575. The van der Waals surface area contributed by atoms with Crippen LogP contribution in [0.25, 0.3) is 17.0 Å². The van der Waals surface area contributed by atoms with Gasteiger partial charge in [0.1, 0.15) is 6.54 Å². The highest BCUT2D eigenvalue weighted by atomic mass is 35.5. The number of halogens is 1. The number of hydrogen-bond acceptors (Lipinski definition) is 2. The monoisotopic (exact) mass is 236 g/mol. The van der Waals surface area contributed by atoms with Crippen LogP contribution in [0.3, 0.4) is 0 Å². The van der Waals surface area contributed by atoms with Crippen LogP contribution >= 0.6 is 11.6 Å². The summed E-state index contributed by atoms with van der Waals surface area (Å²) in [5, 5.41) is 14.2. The minimum Gasteiger partial charge on any atom is -0.480 e. The van der Waals surface area contributed by atoms with Crippen molar-refractivity contribution >= 4 is 34.5 Å². The quantitative estimate of drug-likeness (QED) is 0.891. The second-order valence-corrected chi connectivity index (χ2v) is 3.68. The molecule has 0 unspecified atom stereocenters. The highest BCUT2D eigenvalue weighted by Gasteiger charge is 2.12. The van der Waals surface area contributed by atoms with Gasteiger partial charge in [-0.15, -0.1) is 0 Å². The van der Waals surface area contributed by atoms with Crippen molar-refractivity contribution in [3.8, 4) is 0 Å². The van der Waals surface area contributed by atoms with E-state index in [0.717, 1.165) is 5.39 Å². The molecule has 0 radical (unpaired) electrons. The van der Waals surface area contributed by atoms with Crippen LogP contribution in [0.1, 0.15) is 5.69 Å². The van der Waals surface area contributed by atoms with Crippen molar-refractivity contribution in [2.75, 3.05) is 0 Å². The highest BCUT2D eigenvalue weighted by molar-refractivity contribution is 6.35. The first-order chi connectivity index (χ1) is 7.63. The standard InChI is InChI=1S/C11H9ClN2O2/c1-2-8-11-7(12)4-3-5-9(11)14(13-8)6-10(15)16/h2-5H,1,6H2,(H,15,16). The van der Waals surface area contributed by atoms with Gasteiger partial charge in [0, 0.05) is 5.39 Å². The van der Waals surface area contributed by atoms with Crippen molar-refractivity contribution in [1.82, 2.24) is 9.78 Å². The molecule has 2 rings (SSSR count). The highest BCUT2D eigenvalue weighted by Crippen LogP contribution is 2.27. The van der Waals surface area contributed by atoms with Gasteiger partial charge < -0.3 is 5.11 Å². The molecule has 0 amide bonds. The number of hydrogen-bond donors (Lipinski definition) is 1. The van der Waals surface area contributed by atoms with Gasteiger partial charge in [0.25, 0.3) is 0 Å². The Kier molecular flexibility index (Phi) is 2.66. The van der Waals surface area contributed by atoms with Gasteiger partial charge in [-0.1, -0.05) is 24.2 Å². The molecule has 5 heteroatoms. The molecular formula is C11H9ClN2O2. The molecule has 1 heterocycles. The van der Waals surface area contributed by atoms with Crippen LogP contribution in [0.15, 0.2) is 24.8 Å². The van der Waals surface area contributed by atoms with Crippen LogP contribution in [-0.2, 0) is 11.3 Å². The normalized spacial score (nSPS) is 10.6. The van der Waals surface area contributed by atoms with Gasteiger partial charge in [0.15, 0.2) is 0 Å². The lowest BCUT2D eigenvalue weighted by Crippen LogP contribution is -2.09. The molecule has 2 aromatic rings. The predicted molar refractivity (Wildman–Crippen MR) is 62.5 cm³/mol. The molecule has 0 spiro atoms. The zero-order chi connectivity index (χ0) is 11.7. The van der Waals surface area contributed by atoms with E-state index in [4.69, 9.17) is 16.7 Å². The first kappa shape index (κ1) is 10.7. The molecular weight excluding hydrogens is 228 g/mol. The number of nitrogens with zero attached hydrogens (tertiary/aromatic N) is 2. The minimum atomic E-state index is -0.944. The maximum Gasteiger partial charge on any atom is 0.325 e. The third kappa shape index (κ3) is 1.67. The van der Waals surface area contributed by atoms with E-state index in [0.29, 0.717) is 16.2 Å². The molecule has 0 fully saturated rings. The summed E-state index contributed by atoms with van der Waals surface area (Å²) in [4.78, 5) is 10.7. The van der Waals surface area contributed by atoms with E-state index in [1.54, 1.807) is 24.3 Å². The zero-order valence-corrected chi connectivity index (χ0v) is 9.11. The summed E-state index contributed by atoms with van der Waals surface area (Å²) >= 11 is 6.04. The number of carboxylic acids is 1. The van der Waals surface area contributed by atoms with Gasteiger partial charge in [-0.3, -0.25) is 9.48 Å². The van der Waals surface area contributed by atoms with Gasteiger partial charge in [0.05, 0.1) is 16.2 Å². The summed E-state index contributed by atoms with van der Waals surface area (Å²) < 4.78 is 1.40. The van der Waals surface area contributed by atoms with Gasteiger partial charge in [-0.05, 0) is 18.2 Å². The number of carboxylic acid groups (broad SMARTS) is 1. The van der Waals surface area contributed by atoms with Gasteiger partial charge in [0.2, 0.25) is 0 Å². The minimum absolute atomic E-state index is 0.190. The second kappa shape index (κ2) is 3.98. The number of aliphatic carboxylic acids is 1. The second-order valence-electron chi connectivity index (χ2n) is 3.27. The third-order valence-electron chi connectivity index (χ3n) is 2.23. The fraction of sp³-hybridized carbons (Fsp3) is 0.0909. The first-order valence-corrected chi connectivity index (χ1v) is 5.00. The van der Waals surface area contributed by atoms with Crippen LogP contribution in [0.4, 0.5) is 0 Å². The number of rotatable bonds is 3. The molecule has 1 N–H and O–H groups in total. The Morgan fingerprint density at radius 3 is 3.00 bits per heavy atom. The van der Waals surface area contributed by atoms with Crippen LogP contribution in [-0.4, -0.2) is 20.9 Å². The summed E-state index contributed by atoms with van der Waals surface area (Å²) in [7, 11) is 0. The van der Waals surface area contributed by atoms with E-state index >= 15 is 0 Å². The SMILES string of the molecule is C=Cc1nn(CC(=O)O)c2cccc(Cl)c12. The number of fused-ring (bicyclic) bond motifs is 1. The zero-order valence-electron chi connectivity index (χ0n) is 8.35. The molecule has 82 valence electrons. The Morgan fingerprint density at radius 2 is 2.38 bits per heavy atom. The van der Waals surface area contributed by atoms with E-state index in [2.05, 4.69) is 11.7 Å². The summed E-state index contributed by atoms with van der Waals surface area (Å²) in [5.41, 5.74) is 1.30. The van der Waals surface area contributed by atoms with E-state index in [1.807, 2.05) is 0 Å². The lowest BCUT2D eigenvalue weighted by Gasteiger charge is -1.98. The largest absolute Gasteiger partial charge is 0.480 e. The Hall–Kier alpha value is -1.81. The molecule has 1 aromatic heterocycles. The molecule has 16 heavy (non-hydrogen) atoms. The molecule has 0 atom stereocenters. The molecule has 4 nitrogen and oxygen atoms in total. The van der Waals surface area contributed by atoms with E-state index in [-0.39, 0.29) is 6.54 Å². The fourth-order valence-electron chi connectivity index (χ4n) is 1.61. The summed E-state index contributed by atoms with van der Waals surface area (Å²) in [6.07, 6.45) is 1.56. The Labute approximate surface area is 96.7 Å². The topological polar surface area (TPSA) is 55.1 Å². The van der Waals surface area contributed by atoms with Gasteiger partial charge in [-0.2, -0.15) is 5.10 Å². The maximum atomic E-state index is 10.7. The van der Waals surface area contributed by atoms with E-state index in [1.165, 1.54) is 4.68 Å². The molecule has 1 aromatic carbocycles. The summed E-state index contributed by atoms with van der Waals surface area (Å²) in [6.45, 7) is 3.44. The van der Waals surface area contributed by atoms with Crippen molar-refractivity contribution in [3.05, 3.63) is 35.5 Å². The van der Waals surface area contributed by atoms with Crippen molar-refractivity contribution in [2.45, 2.75) is 6.54 Å². The molecule has 0 aliphatic carbocycles. The Morgan fingerprint density at radius 1 is 1.62 bits per heavy atom. The molecule has 0 saturated carbocycles. The van der Waals surface area contributed by atoms with Crippen molar-refractivity contribution in [1.29, 1.82) is 0 Å². The first-order valence-electron chi connectivity index (χ1n) is 4.62. The van der Waals surface area contributed by atoms with E-state index < -0.39 is 5.97 Å². The molecule has 0 aliphatic heterocycles. The molecule has 0 saturated heterocycles. The fourth-order valence-corrected chi connectivity index (χ4v) is 1.87. The molecule has 0 aliphatic rings. The van der Waals surface area contributed by atoms with Crippen molar-refractivity contribution in [3.63, 3.8) is 0 Å². The Balaban J connectivity index is 2.72. The third-order valence-corrected chi connectivity index (χ3v) is 2.55. The smallest absolute Gasteiger partial charge is 0.325 e. The lowest BCUT2D eigenvalue weighted by molar-refractivity contribution is -0.137. The van der Waals surface area contributed by atoms with Crippen molar-refractivity contribution in [2.24, 2.45) is 0 Å². The average Bonchev–Trinajstić information content (AvgIpc) is 2.57. The number of carbonyl (C=O) groups is 1. The van der Waals surface area contributed by atoms with Gasteiger partial charge >= 0.3 is 5.97 Å². The lowest BCUT2D eigenvalue weighted by atomic mass is 10.2. The van der Waals surface area contributed by atoms with E-state index in [9.17, 15) is 4.79 Å². The predicted octanol–water partition coefficient (Wildman–Crippen LogP) is 2.42. The number of benzene rings is 1. The van der Waals surface area contributed by atoms with Crippen LogP contribution in [0.5, 0.6) is 0 Å². The van der Waals surface area contributed by atoms with Crippen molar-refractivity contribution < 1.29 is 9.90 Å². The maximum absolute atomic E-state index is 10.7. The summed E-state index contributed by atoms with van der Waals surface area (Å²) in [6, 6.07) is 5.28. The average molecular weight is 237 g/mol. The van der Waals surface area contributed by atoms with Crippen LogP contribution < -0.4 is 0 Å². The molecule has 0 bridgehead atoms.